The first-order valence-electron chi connectivity index (χ1n) is 5.74. The molecule has 0 saturated carbocycles. The maximum absolute atomic E-state index is 12.7. The summed E-state index contributed by atoms with van der Waals surface area (Å²) in [6, 6.07) is 16.1. The molecule has 2 aromatic rings. The second-order valence-corrected chi connectivity index (χ2v) is 3.92. The van der Waals surface area contributed by atoms with Gasteiger partial charge in [-0.2, -0.15) is 0 Å². The fourth-order valence-corrected chi connectivity index (χ4v) is 1.61. The van der Waals surface area contributed by atoms with Gasteiger partial charge >= 0.3 is 0 Å². The van der Waals surface area contributed by atoms with E-state index in [1.54, 1.807) is 0 Å². The number of carbonyl (C=O) groups is 1. The predicted molar refractivity (Wildman–Crippen MR) is 67.7 cm³/mol. The van der Waals surface area contributed by atoms with Crippen molar-refractivity contribution in [1.29, 1.82) is 0 Å². The first kappa shape index (κ1) is 12.3. The van der Waals surface area contributed by atoms with E-state index >= 15 is 0 Å². The summed E-state index contributed by atoms with van der Waals surface area (Å²) < 4.78 is 12.7. The first-order chi connectivity index (χ1) is 8.75. The molecule has 3 heteroatoms. The SMILES string of the molecule is O=C(NCCc1cc[c]cc1)c1ccc(F)cc1. The standard InChI is InChI=1S/C15H13FNO/c16-14-8-6-13(7-9-14)15(18)17-11-10-12-4-2-1-3-5-12/h2-9H,10-11H2,(H,17,18). The number of nitrogens with one attached hydrogen (secondary N) is 1. The molecule has 2 aromatic carbocycles. The number of carbonyl (C=O) groups excluding carboxylic acids is 1. The first-order valence-corrected chi connectivity index (χ1v) is 5.74. The zero-order valence-corrected chi connectivity index (χ0v) is 9.82. The van der Waals surface area contributed by atoms with Crippen molar-refractivity contribution >= 4 is 5.91 Å². The lowest BCUT2D eigenvalue weighted by molar-refractivity contribution is 0.0954. The summed E-state index contributed by atoms with van der Waals surface area (Å²) in [7, 11) is 0. The van der Waals surface area contributed by atoms with Crippen molar-refractivity contribution in [2.45, 2.75) is 6.42 Å². The van der Waals surface area contributed by atoms with E-state index in [-0.39, 0.29) is 11.7 Å². The van der Waals surface area contributed by atoms with Crippen LogP contribution in [0.3, 0.4) is 0 Å². The minimum Gasteiger partial charge on any atom is -0.352 e. The Hall–Kier alpha value is -2.16. The fourth-order valence-electron chi connectivity index (χ4n) is 1.61. The van der Waals surface area contributed by atoms with Gasteiger partial charge < -0.3 is 5.32 Å². The molecule has 0 heterocycles. The van der Waals surface area contributed by atoms with Crippen molar-refractivity contribution in [2.24, 2.45) is 0 Å². The molecule has 0 aliphatic heterocycles. The summed E-state index contributed by atoms with van der Waals surface area (Å²) in [4.78, 5) is 11.7. The Balaban J connectivity index is 1.84. The molecule has 0 saturated heterocycles. The number of hydrogen-bond donors (Lipinski definition) is 1. The van der Waals surface area contributed by atoms with Crippen molar-refractivity contribution in [3.63, 3.8) is 0 Å². The second-order valence-electron chi connectivity index (χ2n) is 3.92. The van der Waals surface area contributed by atoms with Gasteiger partial charge in [0.05, 0.1) is 0 Å². The van der Waals surface area contributed by atoms with Crippen LogP contribution in [0.5, 0.6) is 0 Å². The van der Waals surface area contributed by atoms with Gasteiger partial charge in [0.25, 0.3) is 5.91 Å². The van der Waals surface area contributed by atoms with Crippen LogP contribution in [0.25, 0.3) is 0 Å². The molecule has 1 amide bonds. The zero-order chi connectivity index (χ0) is 12.8. The van der Waals surface area contributed by atoms with Crippen LogP contribution in [-0.4, -0.2) is 12.5 Å². The topological polar surface area (TPSA) is 29.1 Å². The summed E-state index contributed by atoms with van der Waals surface area (Å²) in [5.41, 5.74) is 1.62. The highest BCUT2D eigenvalue weighted by molar-refractivity contribution is 5.94. The molecule has 1 radical (unpaired) electrons. The van der Waals surface area contributed by atoms with E-state index in [4.69, 9.17) is 0 Å². The quantitative estimate of drug-likeness (QED) is 0.877. The van der Waals surface area contributed by atoms with Gasteiger partial charge in [0, 0.05) is 12.1 Å². The molecule has 0 aliphatic carbocycles. The van der Waals surface area contributed by atoms with Gasteiger partial charge in [-0.15, -0.1) is 0 Å². The number of amides is 1. The number of halogens is 1. The molecule has 0 aromatic heterocycles. The monoisotopic (exact) mass is 242 g/mol. The minimum absolute atomic E-state index is 0.183. The third kappa shape index (κ3) is 3.42. The Kier molecular flexibility index (Phi) is 4.07. The Morgan fingerprint density at radius 1 is 1.11 bits per heavy atom. The average molecular weight is 242 g/mol. The van der Waals surface area contributed by atoms with Crippen LogP contribution in [0.2, 0.25) is 0 Å². The van der Waals surface area contributed by atoms with Crippen LogP contribution < -0.4 is 5.32 Å². The normalized spacial score (nSPS) is 10.1. The maximum Gasteiger partial charge on any atom is 0.251 e. The van der Waals surface area contributed by atoms with Gasteiger partial charge in [-0.1, -0.05) is 24.3 Å². The molecule has 91 valence electrons. The highest BCUT2D eigenvalue weighted by Gasteiger charge is 2.04. The summed E-state index contributed by atoms with van der Waals surface area (Å²) in [5.74, 6) is -0.524. The minimum atomic E-state index is -0.341. The molecule has 0 atom stereocenters. The molecule has 18 heavy (non-hydrogen) atoms. The van der Waals surface area contributed by atoms with E-state index in [1.165, 1.54) is 24.3 Å². The Morgan fingerprint density at radius 3 is 2.44 bits per heavy atom. The molecular weight excluding hydrogens is 229 g/mol. The van der Waals surface area contributed by atoms with Crippen LogP contribution in [0.1, 0.15) is 15.9 Å². The van der Waals surface area contributed by atoms with Crippen molar-refractivity contribution in [3.8, 4) is 0 Å². The summed E-state index contributed by atoms with van der Waals surface area (Å²) in [6.45, 7) is 0.556. The van der Waals surface area contributed by atoms with Gasteiger partial charge in [-0.05, 0) is 42.3 Å². The van der Waals surface area contributed by atoms with Crippen LogP contribution in [0, 0.1) is 11.9 Å². The molecule has 0 unspecified atom stereocenters. The van der Waals surface area contributed by atoms with Crippen LogP contribution in [0.4, 0.5) is 4.39 Å². The second kappa shape index (κ2) is 5.96. The van der Waals surface area contributed by atoms with Crippen LogP contribution in [-0.2, 0) is 6.42 Å². The molecule has 1 N–H and O–H groups in total. The number of hydrogen-bond acceptors (Lipinski definition) is 1. The average Bonchev–Trinajstić information content (AvgIpc) is 2.40. The van der Waals surface area contributed by atoms with Gasteiger partial charge in [0.15, 0.2) is 0 Å². The molecule has 2 nitrogen and oxygen atoms in total. The lowest BCUT2D eigenvalue weighted by Gasteiger charge is -2.05. The Bertz CT molecular complexity index is 508. The summed E-state index contributed by atoms with van der Waals surface area (Å²) in [6.07, 6.45) is 0.765. The highest BCUT2D eigenvalue weighted by atomic mass is 19.1. The molecule has 0 bridgehead atoms. The van der Waals surface area contributed by atoms with E-state index in [0.29, 0.717) is 12.1 Å². The van der Waals surface area contributed by atoms with Crippen molar-refractivity contribution in [3.05, 3.63) is 71.5 Å². The van der Waals surface area contributed by atoms with Crippen molar-refractivity contribution in [1.82, 2.24) is 5.32 Å². The smallest absolute Gasteiger partial charge is 0.251 e. The van der Waals surface area contributed by atoms with E-state index < -0.39 is 0 Å². The molecule has 0 aliphatic rings. The molecule has 2 rings (SSSR count). The number of benzene rings is 2. The van der Waals surface area contributed by atoms with Crippen molar-refractivity contribution < 1.29 is 9.18 Å². The van der Waals surface area contributed by atoms with Crippen LogP contribution in [0.15, 0.2) is 48.5 Å². The Morgan fingerprint density at radius 2 is 1.78 bits per heavy atom. The molecule has 0 fully saturated rings. The van der Waals surface area contributed by atoms with Gasteiger partial charge in [0.2, 0.25) is 0 Å². The van der Waals surface area contributed by atoms with Gasteiger partial charge in [-0.3, -0.25) is 4.79 Å². The lowest BCUT2D eigenvalue weighted by atomic mass is 10.1. The summed E-state index contributed by atoms with van der Waals surface area (Å²) >= 11 is 0. The van der Waals surface area contributed by atoms with E-state index in [9.17, 15) is 9.18 Å². The van der Waals surface area contributed by atoms with E-state index in [0.717, 1.165) is 12.0 Å². The van der Waals surface area contributed by atoms with E-state index in [2.05, 4.69) is 11.4 Å². The Labute approximate surface area is 105 Å². The maximum atomic E-state index is 12.7. The largest absolute Gasteiger partial charge is 0.352 e. The highest BCUT2D eigenvalue weighted by Crippen LogP contribution is 2.03. The molecular formula is C15H13FNO. The van der Waals surface area contributed by atoms with Gasteiger partial charge in [-0.25, -0.2) is 4.39 Å². The predicted octanol–water partition coefficient (Wildman–Crippen LogP) is 2.60. The summed E-state index contributed by atoms with van der Waals surface area (Å²) in [5, 5.41) is 2.80. The molecule has 0 spiro atoms. The third-order valence-electron chi connectivity index (χ3n) is 2.59. The fraction of sp³-hybridized carbons (Fsp3) is 0.133. The van der Waals surface area contributed by atoms with E-state index in [1.807, 2.05) is 24.3 Å². The van der Waals surface area contributed by atoms with Gasteiger partial charge in [0.1, 0.15) is 5.82 Å². The number of rotatable bonds is 4. The lowest BCUT2D eigenvalue weighted by Crippen LogP contribution is -2.25. The van der Waals surface area contributed by atoms with Crippen LogP contribution >= 0.6 is 0 Å². The zero-order valence-electron chi connectivity index (χ0n) is 9.82. The third-order valence-corrected chi connectivity index (χ3v) is 2.59. The van der Waals surface area contributed by atoms with Crippen molar-refractivity contribution in [2.75, 3.05) is 6.54 Å².